The molecular formula is C20H23ClN6O2. The first-order valence-corrected chi connectivity index (χ1v) is 10.1. The lowest BCUT2D eigenvalue weighted by Gasteiger charge is -2.31. The maximum absolute atomic E-state index is 12.5. The maximum atomic E-state index is 12.5. The van der Waals surface area contributed by atoms with E-state index in [-0.39, 0.29) is 24.7 Å². The van der Waals surface area contributed by atoms with Gasteiger partial charge in [0.1, 0.15) is 12.4 Å². The van der Waals surface area contributed by atoms with Crippen LogP contribution in [0.2, 0.25) is 5.02 Å². The number of amides is 1. The van der Waals surface area contributed by atoms with Crippen LogP contribution in [-0.2, 0) is 17.9 Å². The number of fused-ring (bicyclic) bond motifs is 1. The minimum Gasteiger partial charge on any atom is -0.356 e. The summed E-state index contributed by atoms with van der Waals surface area (Å²) in [6.07, 6.45) is 4.02. The van der Waals surface area contributed by atoms with Gasteiger partial charge in [0.15, 0.2) is 0 Å². The molecule has 2 aromatic heterocycles. The topological polar surface area (TPSA) is 84.5 Å². The summed E-state index contributed by atoms with van der Waals surface area (Å²) in [5, 5.41) is 7.59. The number of piperidine rings is 1. The summed E-state index contributed by atoms with van der Waals surface area (Å²) in [6, 6.07) is 9.12. The van der Waals surface area contributed by atoms with Gasteiger partial charge in [0.05, 0.1) is 0 Å². The van der Waals surface area contributed by atoms with E-state index in [1.165, 1.54) is 10.8 Å². The Morgan fingerprint density at radius 1 is 1.31 bits per heavy atom. The zero-order valence-corrected chi connectivity index (χ0v) is 17.0. The molecule has 1 amide bonds. The number of benzene rings is 1. The SMILES string of the molecule is C[C@H]1CCCN(c2ccn3c(=O)n(CC(=O)NCc4ccccc4Cl)nc3n2)C1. The molecule has 1 saturated heterocycles. The Labute approximate surface area is 173 Å². The van der Waals surface area contributed by atoms with Gasteiger partial charge in [-0.15, -0.1) is 5.10 Å². The summed E-state index contributed by atoms with van der Waals surface area (Å²) in [4.78, 5) is 31.6. The molecule has 0 radical (unpaired) electrons. The Morgan fingerprint density at radius 2 is 2.14 bits per heavy atom. The van der Waals surface area contributed by atoms with E-state index < -0.39 is 0 Å². The number of anilines is 1. The summed E-state index contributed by atoms with van der Waals surface area (Å²) in [5.74, 6) is 1.40. The van der Waals surface area contributed by atoms with Crippen molar-refractivity contribution in [1.29, 1.82) is 0 Å². The van der Waals surface area contributed by atoms with E-state index in [2.05, 4.69) is 27.2 Å². The normalized spacial score (nSPS) is 16.9. The summed E-state index contributed by atoms with van der Waals surface area (Å²) in [5.41, 5.74) is 0.422. The molecule has 1 aliphatic rings. The molecule has 1 atom stereocenters. The minimum atomic E-state index is -0.390. The zero-order chi connectivity index (χ0) is 20.4. The second kappa shape index (κ2) is 8.24. The minimum absolute atomic E-state index is 0.178. The van der Waals surface area contributed by atoms with Gasteiger partial charge in [0.2, 0.25) is 5.91 Å². The molecule has 0 aliphatic carbocycles. The fourth-order valence-electron chi connectivity index (χ4n) is 3.60. The van der Waals surface area contributed by atoms with Crippen LogP contribution in [-0.4, -0.2) is 38.2 Å². The second-order valence-corrected chi connectivity index (χ2v) is 7.86. The van der Waals surface area contributed by atoms with Gasteiger partial charge in [-0.1, -0.05) is 36.7 Å². The van der Waals surface area contributed by atoms with E-state index in [9.17, 15) is 9.59 Å². The van der Waals surface area contributed by atoms with E-state index in [1.54, 1.807) is 12.3 Å². The molecule has 4 rings (SSSR count). The number of carbonyl (C=O) groups is 1. The Kier molecular flexibility index (Phi) is 5.53. The van der Waals surface area contributed by atoms with Gasteiger partial charge in [-0.05, 0) is 36.5 Å². The molecular weight excluding hydrogens is 392 g/mol. The predicted octanol–water partition coefficient (Wildman–Crippen LogP) is 2.10. The van der Waals surface area contributed by atoms with Crippen LogP contribution >= 0.6 is 11.6 Å². The summed E-state index contributed by atoms with van der Waals surface area (Å²) in [6.45, 7) is 4.23. The van der Waals surface area contributed by atoms with Crippen LogP contribution in [0.3, 0.4) is 0 Å². The third-order valence-corrected chi connectivity index (χ3v) is 5.52. The molecule has 1 aliphatic heterocycles. The first-order chi connectivity index (χ1) is 14.0. The van der Waals surface area contributed by atoms with Crippen molar-refractivity contribution in [2.45, 2.75) is 32.9 Å². The lowest BCUT2D eigenvalue weighted by atomic mass is 10.0. The highest BCUT2D eigenvalue weighted by atomic mass is 35.5. The molecule has 152 valence electrons. The number of nitrogens with zero attached hydrogens (tertiary/aromatic N) is 5. The van der Waals surface area contributed by atoms with Gasteiger partial charge < -0.3 is 10.2 Å². The number of hydrogen-bond donors (Lipinski definition) is 1. The summed E-state index contributed by atoms with van der Waals surface area (Å²) in [7, 11) is 0. The molecule has 0 bridgehead atoms. The van der Waals surface area contributed by atoms with E-state index >= 15 is 0 Å². The average molecular weight is 415 g/mol. The van der Waals surface area contributed by atoms with Crippen molar-refractivity contribution < 1.29 is 4.79 Å². The van der Waals surface area contributed by atoms with Crippen molar-refractivity contribution in [2.24, 2.45) is 5.92 Å². The Bertz CT molecular complexity index is 1090. The Morgan fingerprint density at radius 3 is 2.93 bits per heavy atom. The van der Waals surface area contributed by atoms with Crippen molar-refractivity contribution in [2.75, 3.05) is 18.0 Å². The van der Waals surface area contributed by atoms with Crippen molar-refractivity contribution >= 4 is 29.1 Å². The third kappa shape index (κ3) is 4.27. The van der Waals surface area contributed by atoms with Gasteiger partial charge in [0, 0.05) is 30.9 Å². The van der Waals surface area contributed by atoms with Crippen LogP contribution in [0.25, 0.3) is 5.78 Å². The number of aromatic nitrogens is 4. The second-order valence-electron chi connectivity index (χ2n) is 7.46. The predicted molar refractivity (Wildman–Crippen MR) is 111 cm³/mol. The Balaban J connectivity index is 1.47. The molecule has 29 heavy (non-hydrogen) atoms. The fraction of sp³-hybridized carbons (Fsp3) is 0.400. The van der Waals surface area contributed by atoms with Crippen molar-refractivity contribution in [1.82, 2.24) is 24.5 Å². The molecule has 0 saturated carbocycles. The molecule has 9 heteroatoms. The van der Waals surface area contributed by atoms with E-state index in [4.69, 9.17) is 11.6 Å². The molecule has 8 nitrogen and oxygen atoms in total. The monoisotopic (exact) mass is 414 g/mol. The van der Waals surface area contributed by atoms with Crippen LogP contribution in [0.4, 0.5) is 5.82 Å². The van der Waals surface area contributed by atoms with Crippen molar-refractivity contribution in [3.8, 4) is 0 Å². The number of halogens is 1. The van der Waals surface area contributed by atoms with Crippen LogP contribution in [0, 0.1) is 5.92 Å². The quantitative estimate of drug-likeness (QED) is 0.691. The average Bonchev–Trinajstić information content (AvgIpc) is 3.02. The fourth-order valence-corrected chi connectivity index (χ4v) is 3.80. The molecule has 1 aromatic carbocycles. The standard InChI is InChI=1S/C20H23ClN6O2/c1-14-5-4-9-25(12-14)17-8-10-26-19(23-17)24-27(20(26)29)13-18(28)22-11-15-6-2-3-7-16(15)21/h2-3,6-8,10,14H,4-5,9,11-13H2,1H3,(H,22,28)/t14-/m0/s1. The van der Waals surface area contributed by atoms with Crippen LogP contribution in [0.15, 0.2) is 41.3 Å². The van der Waals surface area contributed by atoms with E-state index in [1.807, 2.05) is 24.3 Å². The van der Waals surface area contributed by atoms with Gasteiger partial charge in [0.25, 0.3) is 5.78 Å². The highest BCUT2D eigenvalue weighted by molar-refractivity contribution is 6.31. The number of nitrogens with one attached hydrogen (secondary N) is 1. The molecule has 3 heterocycles. The maximum Gasteiger partial charge on any atom is 0.352 e. The van der Waals surface area contributed by atoms with Crippen LogP contribution < -0.4 is 15.9 Å². The van der Waals surface area contributed by atoms with E-state index in [0.717, 1.165) is 35.6 Å². The van der Waals surface area contributed by atoms with Gasteiger partial charge in [-0.3, -0.25) is 4.79 Å². The van der Waals surface area contributed by atoms with Gasteiger partial charge >= 0.3 is 5.69 Å². The van der Waals surface area contributed by atoms with Gasteiger partial charge in [-0.2, -0.15) is 4.98 Å². The molecule has 1 N–H and O–H groups in total. The largest absolute Gasteiger partial charge is 0.356 e. The Hall–Kier alpha value is -2.87. The molecule has 3 aromatic rings. The number of carbonyl (C=O) groups excluding carboxylic acids is 1. The van der Waals surface area contributed by atoms with Crippen LogP contribution in [0.5, 0.6) is 0 Å². The summed E-state index contributed by atoms with van der Waals surface area (Å²) >= 11 is 6.10. The lowest BCUT2D eigenvalue weighted by Crippen LogP contribution is -2.35. The highest BCUT2D eigenvalue weighted by Crippen LogP contribution is 2.21. The first-order valence-electron chi connectivity index (χ1n) is 9.72. The first kappa shape index (κ1) is 19.4. The molecule has 1 fully saturated rings. The van der Waals surface area contributed by atoms with Crippen LogP contribution in [0.1, 0.15) is 25.3 Å². The van der Waals surface area contributed by atoms with E-state index in [0.29, 0.717) is 16.7 Å². The smallest absolute Gasteiger partial charge is 0.352 e. The lowest BCUT2D eigenvalue weighted by molar-refractivity contribution is -0.122. The number of rotatable bonds is 5. The van der Waals surface area contributed by atoms with Gasteiger partial charge in [-0.25, -0.2) is 13.9 Å². The third-order valence-electron chi connectivity index (χ3n) is 5.15. The molecule has 0 unspecified atom stereocenters. The number of hydrogen-bond acceptors (Lipinski definition) is 5. The zero-order valence-electron chi connectivity index (χ0n) is 16.2. The molecule has 0 spiro atoms. The highest BCUT2D eigenvalue weighted by Gasteiger charge is 2.19. The van der Waals surface area contributed by atoms with Crippen molar-refractivity contribution in [3.05, 3.63) is 57.6 Å². The summed E-state index contributed by atoms with van der Waals surface area (Å²) < 4.78 is 2.49. The van der Waals surface area contributed by atoms with Crippen molar-refractivity contribution in [3.63, 3.8) is 0 Å².